The Kier molecular flexibility index (Phi) is 10.8. The lowest BCUT2D eigenvalue weighted by Gasteiger charge is -2.24. The van der Waals surface area contributed by atoms with Crippen LogP contribution >= 0.6 is 0 Å². The molecular formula is C32H39N7O2. The summed E-state index contributed by atoms with van der Waals surface area (Å²) in [6, 6.07) is 25.7. The second-order valence-corrected chi connectivity index (χ2v) is 10.0. The number of aromatic nitrogens is 1. The summed E-state index contributed by atoms with van der Waals surface area (Å²) in [4.78, 5) is 33.1. The maximum atomic E-state index is 13.4. The van der Waals surface area contributed by atoms with E-state index in [2.05, 4.69) is 20.5 Å². The summed E-state index contributed by atoms with van der Waals surface area (Å²) in [5.41, 5.74) is 22.2. The Balaban J connectivity index is 1.42. The number of amides is 2. The molecule has 8 N–H and O–H groups in total. The number of hydrogen-bond acceptors (Lipinski definition) is 7. The minimum Gasteiger partial charge on any atom is -0.369 e. The minimum absolute atomic E-state index is 0.317. The third-order valence-corrected chi connectivity index (χ3v) is 6.95. The van der Waals surface area contributed by atoms with Crippen molar-refractivity contribution in [1.82, 2.24) is 10.3 Å². The van der Waals surface area contributed by atoms with Crippen molar-refractivity contribution in [2.45, 2.75) is 31.3 Å². The number of para-hydroxylation sites is 1. The van der Waals surface area contributed by atoms with Gasteiger partial charge in [-0.3, -0.25) is 14.6 Å². The Morgan fingerprint density at radius 2 is 1.51 bits per heavy atom. The molecule has 0 aliphatic rings. The highest BCUT2D eigenvalue weighted by molar-refractivity contribution is 5.99. The van der Waals surface area contributed by atoms with Gasteiger partial charge < -0.3 is 32.7 Å². The average Bonchev–Trinajstić information content (AvgIpc) is 2.99. The largest absolute Gasteiger partial charge is 0.369 e. The lowest BCUT2D eigenvalue weighted by atomic mass is 10.0. The third-order valence-electron chi connectivity index (χ3n) is 6.95. The van der Waals surface area contributed by atoms with Crippen LogP contribution in [0.3, 0.4) is 0 Å². The molecule has 0 radical (unpaired) electrons. The Morgan fingerprint density at radius 3 is 2.22 bits per heavy atom. The van der Waals surface area contributed by atoms with Crippen LogP contribution in [0.1, 0.15) is 17.5 Å². The van der Waals surface area contributed by atoms with Crippen molar-refractivity contribution in [3.63, 3.8) is 0 Å². The van der Waals surface area contributed by atoms with Crippen molar-refractivity contribution >= 4 is 34.1 Å². The number of nitrogens with two attached hydrogens (primary N) is 3. The van der Waals surface area contributed by atoms with Gasteiger partial charge in [-0.2, -0.15) is 0 Å². The molecule has 0 saturated heterocycles. The highest BCUT2D eigenvalue weighted by Crippen LogP contribution is 2.18. The highest BCUT2D eigenvalue weighted by atomic mass is 16.2. The first-order valence-corrected chi connectivity index (χ1v) is 14.0. The molecule has 3 aromatic carbocycles. The van der Waals surface area contributed by atoms with Crippen LogP contribution in [0.4, 0.5) is 11.4 Å². The van der Waals surface area contributed by atoms with Crippen LogP contribution in [-0.2, 0) is 22.4 Å². The van der Waals surface area contributed by atoms with E-state index in [1.807, 2.05) is 84.9 Å². The lowest BCUT2D eigenvalue weighted by Crippen LogP contribution is -2.50. The standard InChI is InChI=1S/C32H39N7O2/c33-16-18-39(19-17-34)27-13-10-24(11-14-27)20-28(35)31(40)38-30(15-12-23-6-2-1-3-7-23)32(41)37-26-21-25-8-4-5-9-29(25)36-22-26/h1-11,13-14,21-22,28,30H,12,15-20,33-35H2,(H,37,41)(H,38,40). The number of carbonyl (C=O) groups is 2. The molecule has 0 spiro atoms. The van der Waals surface area contributed by atoms with Gasteiger partial charge >= 0.3 is 0 Å². The fourth-order valence-corrected chi connectivity index (χ4v) is 4.74. The molecule has 1 heterocycles. The zero-order chi connectivity index (χ0) is 29.0. The number of rotatable bonds is 14. The van der Waals surface area contributed by atoms with Crippen LogP contribution in [0.5, 0.6) is 0 Å². The molecule has 9 nitrogen and oxygen atoms in total. The Labute approximate surface area is 241 Å². The van der Waals surface area contributed by atoms with Crippen LogP contribution in [0, 0.1) is 0 Å². The van der Waals surface area contributed by atoms with Gasteiger partial charge in [-0.15, -0.1) is 0 Å². The van der Waals surface area contributed by atoms with E-state index < -0.39 is 12.1 Å². The van der Waals surface area contributed by atoms with E-state index in [1.54, 1.807) is 6.20 Å². The first-order chi connectivity index (χ1) is 20.0. The molecule has 2 amide bonds. The maximum absolute atomic E-state index is 13.4. The summed E-state index contributed by atoms with van der Waals surface area (Å²) >= 11 is 0. The van der Waals surface area contributed by atoms with Gasteiger partial charge in [0.15, 0.2) is 0 Å². The van der Waals surface area contributed by atoms with E-state index >= 15 is 0 Å². The van der Waals surface area contributed by atoms with E-state index in [0.29, 0.717) is 51.1 Å². The monoisotopic (exact) mass is 553 g/mol. The molecular weight excluding hydrogens is 514 g/mol. The van der Waals surface area contributed by atoms with E-state index in [1.165, 1.54) is 0 Å². The van der Waals surface area contributed by atoms with Crippen molar-refractivity contribution in [1.29, 1.82) is 0 Å². The Hall–Kier alpha value is -4.31. The van der Waals surface area contributed by atoms with E-state index in [0.717, 1.165) is 27.7 Å². The van der Waals surface area contributed by atoms with E-state index in [-0.39, 0.29) is 11.8 Å². The summed E-state index contributed by atoms with van der Waals surface area (Å²) < 4.78 is 0. The van der Waals surface area contributed by atoms with E-state index in [9.17, 15) is 9.59 Å². The van der Waals surface area contributed by atoms with Gasteiger partial charge in [0, 0.05) is 37.3 Å². The normalized spacial score (nSPS) is 12.5. The number of hydrogen-bond donors (Lipinski definition) is 5. The topological polar surface area (TPSA) is 152 Å². The molecule has 0 saturated carbocycles. The number of benzene rings is 3. The second kappa shape index (κ2) is 14.9. The zero-order valence-corrected chi connectivity index (χ0v) is 23.2. The Bertz CT molecular complexity index is 1410. The second-order valence-electron chi connectivity index (χ2n) is 10.0. The summed E-state index contributed by atoms with van der Waals surface area (Å²) in [5, 5.41) is 6.73. The minimum atomic E-state index is -0.820. The van der Waals surface area contributed by atoms with Crippen LogP contribution in [0.25, 0.3) is 10.9 Å². The number of aryl methyl sites for hydroxylation is 1. The first-order valence-electron chi connectivity index (χ1n) is 14.0. The quantitative estimate of drug-likeness (QED) is 0.161. The molecule has 0 aliphatic carbocycles. The lowest BCUT2D eigenvalue weighted by molar-refractivity contribution is -0.127. The number of nitrogens with zero attached hydrogens (tertiary/aromatic N) is 2. The number of pyridine rings is 1. The third kappa shape index (κ3) is 8.59. The molecule has 4 aromatic rings. The predicted molar refractivity (Wildman–Crippen MR) is 166 cm³/mol. The molecule has 0 fully saturated rings. The number of anilines is 2. The van der Waals surface area contributed by atoms with Crippen LogP contribution in [-0.4, -0.2) is 55.1 Å². The molecule has 0 aliphatic heterocycles. The van der Waals surface area contributed by atoms with Gasteiger partial charge in [0.2, 0.25) is 11.8 Å². The summed E-state index contributed by atoms with van der Waals surface area (Å²) in [6.07, 6.45) is 2.99. The van der Waals surface area contributed by atoms with Crippen molar-refractivity contribution in [3.05, 3.63) is 102 Å². The number of carbonyl (C=O) groups excluding carboxylic acids is 2. The van der Waals surface area contributed by atoms with Gasteiger partial charge in [0.1, 0.15) is 6.04 Å². The van der Waals surface area contributed by atoms with Crippen molar-refractivity contribution in [2.75, 3.05) is 36.4 Å². The van der Waals surface area contributed by atoms with Crippen molar-refractivity contribution < 1.29 is 9.59 Å². The molecule has 2 unspecified atom stereocenters. The zero-order valence-electron chi connectivity index (χ0n) is 23.2. The van der Waals surface area contributed by atoms with E-state index in [4.69, 9.17) is 17.2 Å². The smallest absolute Gasteiger partial charge is 0.247 e. The molecule has 41 heavy (non-hydrogen) atoms. The summed E-state index contributed by atoms with van der Waals surface area (Å²) in [6.45, 7) is 2.48. The number of nitrogens with one attached hydrogen (secondary N) is 2. The van der Waals surface area contributed by atoms with Gasteiger partial charge in [0.25, 0.3) is 0 Å². The van der Waals surface area contributed by atoms with Gasteiger partial charge in [0.05, 0.1) is 23.4 Å². The summed E-state index contributed by atoms with van der Waals surface area (Å²) in [5.74, 6) is -0.699. The SMILES string of the molecule is NCCN(CCN)c1ccc(CC(N)C(=O)NC(CCc2ccccc2)C(=O)Nc2cnc3ccccc3c2)cc1. The average molecular weight is 554 g/mol. The predicted octanol–water partition coefficient (Wildman–Crippen LogP) is 2.58. The summed E-state index contributed by atoms with van der Waals surface area (Å²) in [7, 11) is 0. The fourth-order valence-electron chi connectivity index (χ4n) is 4.74. The maximum Gasteiger partial charge on any atom is 0.247 e. The molecule has 0 bridgehead atoms. The first kappa shape index (κ1) is 29.7. The van der Waals surface area contributed by atoms with Crippen molar-refractivity contribution in [2.24, 2.45) is 17.2 Å². The van der Waals surface area contributed by atoms with Crippen LogP contribution in [0.2, 0.25) is 0 Å². The molecule has 1 aromatic heterocycles. The fraction of sp³-hybridized carbons (Fsp3) is 0.281. The van der Waals surface area contributed by atoms with Crippen molar-refractivity contribution in [3.8, 4) is 0 Å². The molecule has 4 rings (SSSR count). The van der Waals surface area contributed by atoms with Crippen LogP contribution < -0.4 is 32.7 Å². The molecule has 214 valence electrons. The Morgan fingerprint density at radius 1 is 0.829 bits per heavy atom. The van der Waals surface area contributed by atoms with Gasteiger partial charge in [-0.05, 0) is 54.7 Å². The highest BCUT2D eigenvalue weighted by Gasteiger charge is 2.24. The molecule has 2 atom stereocenters. The van der Waals surface area contributed by atoms with Gasteiger partial charge in [-0.1, -0.05) is 60.7 Å². The van der Waals surface area contributed by atoms with Gasteiger partial charge in [-0.25, -0.2) is 0 Å². The molecule has 9 heteroatoms. The number of fused-ring (bicyclic) bond motifs is 1. The van der Waals surface area contributed by atoms with Crippen LogP contribution in [0.15, 0.2) is 91.1 Å².